The Kier molecular flexibility index (Phi) is 6.07. The summed E-state index contributed by atoms with van der Waals surface area (Å²) >= 11 is 7.60. The zero-order valence-corrected chi connectivity index (χ0v) is 16.4. The first kappa shape index (κ1) is 18.6. The monoisotopic (exact) mass is 384 g/mol. The number of benzene rings is 2. The van der Waals surface area contributed by atoms with Gasteiger partial charge in [0.05, 0.1) is 17.1 Å². The maximum absolute atomic E-state index is 12.4. The van der Waals surface area contributed by atoms with Gasteiger partial charge in [-0.1, -0.05) is 55.8 Å². The molecule has 1 N–H and O–H groups in total. The van der Waals surface area contributed by atoms with Gasteiger partial charge in [-0.25, -0.2) is 4.98 Å². The van der Waals surface area contributed by atoms with Gasteiger partial charge in [-0.2, -0.15) is 0 Å². The number of para-hydroxylation sites is 1. The summed E-state index contributed by atoms with van der Waals surface area (Å²) in [5.74, 6) is 0.313. The number of thiazole rings is 1. The highest BCUT2D eigenvalue weighted by molar-refractivity contribution is 7.09. The van der Waals surface area contributed by atoms with E-state index in [2.05, 4.69) is 24.1 Å². The minimum Gasteiger partial charge on any atom is -0.325 e. The minimum absolute atomic E-state index is 0.0438. The van der Waals surface area contributed by atoms with Crippen LogP contribution < -0.4 is 5.32 Å². The van der Waals surface area contributed by atoms with Gasteiger partial charge in [0.15, 0.2) is 0 Å². The largest absolute Gasteiger partial charge is 0.325 e. The number of aromatic nitrogens is 1. The Hall–Kier alpha value is -2.17. The quantitative estimate of drug-likeness (QED) is 0.593. The third-order valence-electron chi connectivity index (χ3n) is 4.04. The smallest absolute Gasteiger partial charge is 0.230 e. The number of rotatable bonds is 6. The van der Waals surface area contributed by atoms with E-state index < -0.39 is 0 Å². The van der Waals surface area contributed by atoms with Crippen LogP contribution >= 0.6 is 22.9 Å². The van der Waals surface area contributed by atoms with Crippen LogP contribution in [0.2, 0.25) is 5.02 Å². The normalized spacial score (nSPS) is 10.9. The Bertz CT molecular complexity index is 904. The molecule has 2 aromatic carbocycles. The number of amides is 1. The predicted octanol–water partition coefficient (Wildman–Crippen LogP) is 5.69. The molecule has 0 atom stereocenters. The van der Waals surface area contributed by atoms with Crippen LogP contribution in [0.4, 0.5) is 5.69 Å². The maximum Gasteiger partial charge on any atom is 0.230 e. The zero-order valence-electron chi connectivity index (χ0n) is 14.8. The van der Waals surface area contributed by atoms with Crippen molar-refractivity contribution in [3.63, 3.8) is 0 Å². The van der Waals surface area contributed by atoms with Crippen LogP contribution in [-0.2, 0) is 17.6 Å². The molecule has 1 amide bonds. The van der Waals surface area contributed by atoms with Crippen molar-refractivity contribution in [1.82, 2.24) is 4.98 Å². The lowest BCUT2D eigenvalue weighted by molar-refractivity contribution is -0.115. The molecule has 0 aliphatic carbocycles. The number of halogens is 1. The number of nitrogens with zero attached hydrogens (tertiary/aromatic N) is 1. The second-order valence-corrected chi connectivity index (χ2v) is 7.89. The van der Waals surface area contributed by atoms with Crippen molar-refractivity contribution in [3.05, 3.63) is 80.8 Å². The highest BCUT2D eigenvalue weighted by Gasteiger charge is 2.12. The second kappa shape index (κ2) is 8.47. The van der Waals surface area contributed by atoms with E-state index in [-0.39, 0.29) is 12.3 Å². The van der Waals surface area contributed by atoms with Crippen LogP contribution in [0.1, 0.15) is 41.6 Å². The van der Waals surface area contributed by atoms with Crippen molar-refractivity contribution in [1.29, 1.82) is 0 Å². The van der Waals surface area contributed by atoms with Crippen molar-refractivity contribution in [2.24, 2.45) is 0 Å². The molecule has 3 nitrogen and oxygen atoms in total. The van der Waals surface area contributed by atoms with Gasteiger partial charge in [0.2, 0.25) is 5.91 Å². The number of anilines is 1. The van der Waals surface area contributed by atoms with E-state index in [0.29, 0.717) is 5.92 Å². The molecule has 5 heteroatoms. The fraction of sp³-hybridized carbons (Fsp3) is 0.238. The molecule has 3 aromatic rings. The predicted molar refractivity (Wildman–Crippen MR) is 109 cm³/mol. The lowest BCUT2D eigenvalue weighted by Gasteiger charge is -2.13. The van der Waals surface area contributed by atoms with Crippen LogP contribution in [0.3, 0.4) is 0 Å². The first-order valence-corrected chi connectivity index (χ1v) is 9.83. The Morgan fingerprint density at radius 3 is 2.77 bits per heavy atom. The Labute approximate surface area is 163 Å². The Morgan fingerprint density at radius 2 is 2.00 bits per heavy atom. The molecule has 0 spiro atoms. The number of hydrogen-bond acceptors (Lipinski definition) is 3. The molecule has 1 aromatic heterocycles. The molecule has 1 heterocycles. The second-order valence-electron chi connectivity index (χ2n) is 6.51. The van der Waals surface area contributed by atoms with Crippen LogP contribution in [-0.4, -0.2) is 10.9 Å². The van der Waals surface area contributed by atoms with E-state index in [1.165, 1.54) is 0 Å². The first-order valence-electron chi connectivity index (χ1n) is 8.58. The van der Waals surface area contributed by atoms with Gasteiger partial charge in [0.1, 0.15) is 0 Å². The van der Waals surface area contributed by atoms with Gasteiger partial charge >= 0.3 is 0 Å². The molecule has 0 radical (unpaired) electrons. The molecule has 0 fully saturated rings. The Morgan fingerprint density at radius 1 is 1.19 bits per heavy atom. The van der Waals surface area contributed by atoms with Crippen LogP contribution in [0, 0.1) is 0 Å². The molecule has 3 rings (SSSR count). The standard InChI is InChI=1S/C21H21ClN2OS/c1-14(2)18-8-3-4-9-19(18)24-20(25)12-17-13-26-21(23-17)11-15-6-5-7-16(22)10-15/h3-10,13-14H,11-12H2,1-2H3,(H,24,25). The van der Waals surface area contributed by atoms with E-state index in [1.807, 2.05) is 53.9 Å². The highest BCUT2D eigenvalue weighted by Crippen LogP contribution is 2.24. The Balaban J connectivity index is 1.63. The van der Waals surface area contributed by atoms with Crippen LogP contribution in [0.5, 0.6) is 0 Å². The summed E-state index contributed by atoms with van der Waals surface area (Å²) in [5, 5.41) is 6.68. The topological polar surface area (TPSA) is 42.0 Å². The average molecular weight is 385 g/mol. The van der Waals surface area contributed by atoms with Gasteiger partial charge in [-0.15, -0.1) is 11.3 Å². The number of carbonyl (C=O) groups excluding carboxylic acids is 1. The van der Waals surface area contributed by atoms with Gasteiger partial charge in [0, 0.05) is 22.5 Å². The fourth-order valence-electron chi connectivity index (χ4n) is 2.81. The summed E-state index contributed by atoms with van der Waals surface area (Å²) in [7, 11) is 0. The molecule has 0 aliphatic rings. The molecule has 0 bridgehead atoms. The van der Waals surface area contributed by atoms with Crippen molar-refractivity contribution in [2.75, 3.05) is 5.32 Å². The number of hydrogen-bond donors (Lipinski definition) is 1. The van der Waals surface area contributed by atoms with Crippen LogP contribution in [0.25, 0.3) is 0 Å². The van der Waals surface area contributed by atoms with E-state index in [4.69, 9.17) is 11.6 Å². The van der Waals surface area contributed by atoms with Gasteiger partial charge in [-0.05, 0) is 35.2 Å². The molecule has 0 saturated carbocycles. The fourth-order valence-corrected chi connectivity index (χ4v) is 3.85. The van der Waals surface area contributed by atoms with Crippen LogP contribution in [0.15, 0.2) is 53.9 Å². The van der Waals surface area contributed by atoms with Gasteiger partial charge < -0.3 is 5.32 Å². The molecule has 0 aliphatic heterocycles. The van der Waals surface area contributed by atoms with E-state index in [0.717, 1.165) is 39.0 Å². The van der Waals surface area contributed by atoms with Crippen molar-refractivity contribution in [3.8, 4) is 0 Å². The third kappa shape index (κ3) is 4.93. The van der Waals surface area contributed by atoms with E-state index in [1.54, 1.807) is 11.3 Å². The highest BCUT2D eigenvalue weighted by atomic mass is 35.5. The minimum atomic E-state index is -0.0438. The summed E-state index contributed by atoms with van der Waals surface area (Å²) in [5.41, 5.74) is 3.93. The average Bonchev–Trinajstić information content (AvgIpc) is 3.01. The molecule has 26 heavy (non-hydrogen) atoms. The first-order chi connectivity index (χ1) is 12.5. The van der Waals surface area contributed by atoms with Crippen molar-refractivity contribution >= 4 is 34.5 Å². The van der Waals surface area contributed by atoms with E-state index >= 15 is 0 Å². The molecular formula is C21H21ClN2OS. The summed E-state index contributed by atoms with van der Waals surface area (Å²) in [4.78, 5) is 17.0. The summed E-state index contributed by atoms with van der Waals surface area (Å²) in [6.45, 7) is 4.24. The zero-order chi connectivity index (χ0) is 18.5. The molecule has 0 saturated heterocycles. The summed E-state index contributed by atoms with van der Waals surface area (Å²) in [6, 6.07) is 15.7. The lowest BCUT2D eigenvalue weighted by atomic mass is 10.0. The number of carbonyl (C=O) groups is 1. The molecule has 134 valence electrons. The van der Waals surface area contributed by atoms with Crippen molar-refractivity contribution < 1.29 is 4.79 Å². The van der Waals surface area contributed by atoms with Gasteiger partial charge in [-0.3, -0.25) is 4.79 Å². The van der Waals surface area contributed by atoms with E-state index in [9.17, 15) is 4.79 Å². The maximum atomic E-state index is 12.4. The third-order valence-corrected chi connectivity index (χ3v) is 5.17. The van der Waals surface area contributed by atoms with Crippen molar-refractivity contribution in [2.45, 2.75) is 32.6 Å². The molecular weight excluding hydrogens is 364 g/mol. The number of nitrogens with one attached hydrogen (secondary N) is 1. The lowest BCUT2D eigenvalue weighted by Crippen LogP contribution is -2.16. The SMILES string of the molecule is CC(C)c1ccccc1NC(=O)Cc1csc(Cc2cccc(Cl)c2)n1. The van der Waals surface area contributed by atoms with Gasteiger partial charge in [0.25, 0.3) is 0 Å². The summed E-state index contributed by atoms with van der Waals surface area (Å²) < 4.78 is 0. The molecule has 0 unspecified atom stereocenters. The summed E-state index contributed by atoms with van der Waals surface area (Å²) in [6.07, 6.45) is 1.00.